The van der Waals surface area contributed by atoms with Crippen molar-refractivity contribution in [1.29, 1.82) is 0 Å². The fourth-order valence-electron chi connectivity index (χ4n) is 2.37. The van der Waals surface area contributed by atoms with E-state index in [1.165, 1.54) is 6.07 Å². The van der Waals surface area contributed by atoms with Gasteiger partial charge in [-0.1, -0.05) is 25.1 Å². The fourth-order valence-corrected chi connectivity index (χ4v) is 2.37. The Morgan fingerprint density at radius 3 is 3.00 bits per heavy atom. The number of benzene rings is 1. The van der Waals surface area contributed by atoms with E-state index in [2.05, 4.69) is 11.8 Å². The first-order valence-electron chi connectivity index (χ1n) is 6.46. The number of aliphatic hydroxyl groups excluding tert-OH is 1. The molecule has 3 nitrogen and oxygen atoms in total. The molecule has 1 heterocycles. The highest BCUT2D eigenvalue weighted by atomic mass is 19.1. The summed E-state index contributed by atoms with van der Waals surface area (Å²) in [4.78, 5) is 2.18. The van der Waals surface area contributed by atoms with Crippen LogP contribution in [0.4, 0.5) is 4.39 Å². The fraction of sp³-hybridized carbons (Fsp3) is 0.571. The first-order chi connectivity index (χ1) is 8.72. The highest BCUT2D eigenvalue weighted by molar-refractivity contribution is 5.20. The number of aliphatic hydroxyl groups is 1. The first kappa shape index (κ1) is 13.5. The number of nitrogens with zero attached hydrogens (tertiary/aromatic N) is 1. The van der Waals surface area contributed by atoms with E-state index >= 15 is 0 Å². The van der Waals surface area contributed by atoms with E-state index in [0.29, 0.717) is 31.4 Å². The van der Waals surface area contributed by atoms with E-state index in [4.69, 9.17) is 4.74 Å². The molecule has 0 spiro atoms. The second-order valence-electron chi connectivity index (χ2n) is 4.67. The van der Waals surface area contributed by atoms with Gasteiger partial charge in [-0.15, -0.1) is 0 Å². The third kappa shape index (κ3) is 3.07. The predicted octanol–water partition coefficient (Wildman–Crippen LogP) is 1.97. The molecule has 0 radical (unpaired) electrons. The van der Waals surface area contributed by atoms with E-state index in [9.17, 15) is 9.50 Å². The summed E-state index contributed by atoms with van der Waals surface area (Å²) in [6.45, 7) is 4.73. The Morgan fingerprint density at radius 2 is 2.28 bits per heavy atom. The predicted molar refractivity (Wildman–Crippen MR) is 67.8 cm³/mol. The van der Waals surface area contributed by atoms with Crippen molar-refractivity contribution in [1.82, 2.24) is 4.90 Å². The second-order valence-corrected chi connectivity index (χ2v) is 4.67. The zero-order chi connectivity index (χ0) is 13.0. The maximum atomic E-state index is 13.6. The SMILES string of the molecule is CCC1COCCN1CC(O)c1ccccc1F. The van der Waals surface area contributed by atoms with Gasteiger partial charge in [-0.05, 0) is 12.5 Å². The molecule has 0 aliphatic carbocycles. The zero-order valence-electron chi connectivity index (χ0n) is 10.7. The molecular weight excluding hydrogens is 233 g/mol. The first-order valence-corrected chi connectivity index (χ1v) is 6.46. The van der Waals surface area contributed by atoms with Crippen LogP contribution in [0.15, 0.2) is 24.3 Å². The molecule has 2 unspecified atom stereocenters. The largest absolute Gasteiger partial charge is 0.387 e. The number of morpholine rings is 1. The molecule has 0 aromatic heterocycles. The van der Waals surface area contributed by atoms with Crippen molar-refractivity contribution in [2.24, 2.45) is 0 Å². The van der Waals surface area contributed by atoms with Gasteiger partial charge in [-0.25, -0.2) is 4.39 Å². The Morgan fingerprint density at radius 1 is 1.50 bits per heavy atom. The van der Waals surface area contributed by atoms with Crippen molar-refractivity contribution in [3.05, 3.63) is 35.6 Å². The smallest absolute Gasteiger partial charge is 0.129 e. The summed E-state index contributed by atoms with van der Waals surface area (Å²) in [6.07, 6.45) is 0.197. The lowest BCUT2D eigenvalue weighted by Crippen LogP contribution is -2.46. The van der Waals surface area contributed by atoms with Crippen LogP contribution < -0.4 is 0 Å². The molecular formula is C14H20FNO2. The van der Waals surface area contributed by atoms with E-state index in [0.717, 1.165) is 13.0 Å². The molecule has 18 heavy (non-hydrogen) atoms. The van der Waals surface area contributed by atoms with Gasteiger partial charge in [0.25, 0.3) is 0 Å². The minimum atomic E-state index is -0.779. The average molecular weight is 253 g/mol. The molecule has 2 rings (SSSR count). The number of ether oxygens (including phenoxy) is 1. The Labute approximate surface area is 107 Å². The van der Waals surface area contributed by atoms with Gasteiger partial charge >= 0.3 is 0 Å². The highest BCUT2D eigenvalue weighted by Crippen LogP contribution is 2.20. The van der Waals surface area contributed by atoms with Gasteiger partial charge in [0.05, 0.1) is 19.3 Å². The lowest BCUT2D eigenvalue weighted by molar-refractivity contribution is -0.0281. The van der Waals surface area contributed by atoms with Crippen LogP contribution in [0.2, 0.25) is 0 Å². The van der Waals surface area contributed by atoms with Crippen molar-refractivity contribution >= 4 is 0 Å². The van der Waals surface area contributed by atoms with E-state index < -0.39 is 6.10 Å². The lowest BCUT2D eigenvalue weighted by Gasteiger charge is -2.36. The molecule has 0 saturated carbocycles. The van der Waals surface area contributed by atoms with E-state index in [1.807, 2.05) is 0 Å². The Hall–Kier alpha value is -0.970. The van der Waals surface area contributed by atoms with E-state index in [-0.39, 0.29) is 5.82 Å². The molecule has 1 fully saturated rings. The maximum Gasteiger partial charge on any atom is 0.129 e. The molecule has 1 aromatic carbocycles. The van der Waals surface area contributed by atoms with Crippen molar-refractivity contribution in [3.8, 4) is 0 Å². The average Bonchev–Trinajstić information content (AvgIpc) is 2.39. The molecule has 0 amide bonds. The molecule has 2 atom stereocenters. The summed E-state index contributed by atoms with van der Waals surface area (Å²) in [5, 5.41) is 10.1. The topological polar surface area (TPSA) is 32.7 Å². The molecule has 0 bridgehead atoms. The van der Waals surface area contributed by atoms with Gasteiger partial charge in [-0.3, -0.25) is 4.90 Å². The number of hydrogen-bond acceptors (Lipinski definition) is 3. The van der Waals surface area contributed by atoms with Gasteiger partial charge in [0.15, 0.2) is 0 Å². The molecule has 1 aromatic rings. The van der Waals surface area contributed by atoms with Gasteiger partial charge in [0.1, 0.15) is 5.82 Å². The molecule has 1 saturated heterocycles. The normalized spacial score (nSPS) is 22.9. The minimum absolute atomic E-state index is 0.320. The van der Waals surface area contributed by atoms with Crippen LogP contribution in [0.5, 0.6) is 0 Å². The molecule has 100 valence electrons. The lowest BCUT2D eigenvalue weighted by atomic mass is 10.1. The molecule has 1 aliphatic rings. The monoisotopic (exact) mass is 253 g/mol. The van der Waals surface area contributed by atoms with Crippen molar-refractivity contribution in [2.75, 3.05) is 26.3 Å². The van der Waals surface area contributed by atoms with Gasteiger partial charge in [0, 0.05) is 24.7 Å². The van der Waals surface area contributed by atoms with Crippen LogP contribution >= 0.6 is 0 Å². The summed E-state index contributed by atoms with van der Waals surface area (Å²) < 4.78 is 19.0. The highest BCUT2D eigenvalue weighted by Gasteiger charge is 2.24. The minimum Gasteiger partial charge on any atom is -0.387 e. The Balaban J connectivity index is 2.02. The van der Waals surface area contributed by atoms with Crippen LogP contribution in [0.3, 0.4) is 0 Å². The summed E-state index contributed by atoms with van der Waals surface area (Å²) >= 11 is 0. The second kappa shape index (κ2) is 6.27. The van der Waals surface area contributed by atoms with Crippen LogP contribution in [0, 0.1) is 5.82 Å². The summed E-state index contributed by atoms with van der Waals surface area (Å²) in [5.41, 5.74) is 0.374. The third-order valence-electron chi connectivity index (χ3n) is 3.49. The molecule has 1 aliphatic heterocycles. The number of β-amino-alcohol motifs (C(OH)–C–C–N with tert-alkyl or cyclic N) is 1. The van der Waals surface area contributed by atoms with Gasteiger partial charge in [0.2, 0.25) is 0 Å². The number of halogens is 1. The number of hydrogen-bond donors (Lipinski definition) is 1. The quantitative estimate of drug-likeness (QED) is 0.890. The molecule has 4 heteroatoms. The third-order valence-corrected chi connectivity index (χ3v) is 3.49. The summed E-state index contributed by atoms with van der Waals surface area (Å²) in [5.74, 6) is -0.341. The Kier molecular flexibility index (Phi) is 4.69. The van der Waals surface area contributed by atoms with Crippen LogP contribution in [0.1, 0.15) is 25.0 Å². The van der Waals surface area contributed by atoms with Crippen LogP contribution in [-0.4, -0.2) is 42.4 Å². The standard InChI is InChI=1S/C14H20FNO2/c1-2-11-10-18-8-7-16(11)9-14(17)12-5-3-4-6-13(12)15/h3-6,11,14,17H,2,7-10H2,1H3. The zero-order valence-corrected chi connectivity index (χ0v) is 10.7. The van der Waals surface area contributed by atoms with Crippen LogP contribution in [-0.2, 0) is 4.74 Å². The van der Waals surface area contributed by atoms with E-state index in [1.54, 1.807) is 18.2 Å². The summed E-state index contributed by atoms with van der Waals surface area (Å²) in [6, 6.07) is 6.73. The molecule has 1 N–H and O–H groups in total. The van der Waals surface area contributed by atoms with Crippen molar-refractivity contribution in [3.63, 3.8) is 0 Å². The Bertz CT molecular complexity index is 386. The van der Waals surface area contributed by atoms with Gasteiger partial charge < -0.3 is 9.84 Å². The maximum absolute atomic E-state index is 13.6. The number of rotatable bonds is 4. The van der Waals surface area contributed by atoms with Crippen molar-refractivity contribution in [2.45, 2.75) is 25.5 Å². The van der Waals surface area contributed by atoms with Crippen molar-refractivity contribution < 1.29 is 14.2 Å². The van der Waals surface area contributed by atoms with Gasteiger partial charge in [-0.2, -0.15) is 0 Å². The van der Waals surface area contributed by atoms with Crippen LogP contribution in [0.25, 0.3) is 0 Å². The summed E-state index contributed by atoms with van der Waals surface area (Å²) in [7, 11) is 0.